The van der Waals surface area contributed by atoms with Gasteiger partial charge < -0.3 is 64.5 Å². The van der Waals surface area contributed by atoms with Crippen LogP contribution in [0.5, 0.6) is 0 Å². The van der Waals surface area contributed by atoms with E-state index in [0.29, 0.717) is 0 Å². The molecule has 0 aromatic rings. The molecule has 3 aliphatic rings. The molecule has 0 aromatic heterocycles. The molecule has 13 nitrogen and oxygen atoms in total. The summed E-state index contributed by atoms with van der Waals surface area (Å²) in [5.74, 6) is 0. The summed E-state index contributed by atoms with van der Waals surface area (Å²) in [6.07, 6.45) is -14.6. The van der Waals surface area contributed by atoms with Crippen molar-refractivity contribution in [3.05, 3.63) is 0 Å². The second-order valence-electron chi connectivity index (χ2n) is 8.02. The van der Waals surface area contributed by atoms with E-state index in [2.05, 4.69) is 0 Å². The normalized spacial score (nSPS) is 49.2. The first kappa shape index (κ1) is 25.1. The highest BCUT2D eigenvalue weighted by Gasteiger charge is 2.50. The van der Waals surface area contributed by atoms with Gasteiger partial charge in [-0.3, -0.25) is 0 Å². The summed E-state index contributed by atoms with van der Waals surface area (Å²) in [5.41, 5.74) is 0. The Bertz CT molecular complexity index is 549. The fourth-order valence-corrected chi connectivity index (χ4v) is 4.00. The van der Waals surface area contributed by atoms with Crippen molar-refractivity contribution in [2.45, 2.75) is 86.5 Å². The van der Waals surface area contributed by atoms with Crippen LogP contribution in [0.1, 0.15) is 12.8 Å². The highest BCUT2D eigenvalue weighted by molar-refractivity contribution is 4.94. The molecule has 8 N–H and O–H groups in total. The molecule has 31 heavy (non-hydrogen) atoms. The first-order chi connectivity index (χ1) is 14.8. The molecule has 12 atom stereocenters. The van der Waals surface area contributed by atoms with Crippen LogP contribution in [0.3, 0.4) is 0 Å². The quantitative estimate of drug-likeness (QED) is 0.181. The van der Waals surface area contributed by atoms with E-state index in [-0.39, 0.29) is 26.1 Å². The van der Waals surface area contributed by atoms with E-state index in [4.69, 9.17) is 23.7 Å². The lowest BCUT2D eigenvalue weighted by Crippen LogP contribution is -2.64. The number of aliphatic hydroxyl groups is 8. The van der Waals surface area contributed by atoms with E-state index in [1.807, 2.05) is 0 Å². The smallest absolute Gasteiger partial charge is 0.187 e. The van der Waals surface area contributed by atoms with Gasteiger partial charge in [-0.25, -0.2) is 0 Å². The second kappa shape index (κ2) is 11.1. The Morgan fingerprint density at radius 1 is 0.710 bits per heavy atom. The van der Waals surface area contributed by atoms with Gasteiger partial charge in [-0.15, -0.1) is 0 Å². The Labute approximate surface area is 178 Å². The molecule has 0 saturated carbocycles. The van der Waals surface area contributed by atoms with Crippen molar-refractivity contribution in [3.63, 3.8) is 0 Å². The van der Waals surface area contributed by atoms with E-state index in [0.717, 1.165) is 0 Å². The van der Waals surface area contributed by atoms with Crippen LogP contribution in [0, 0.1) is 0 Å². The van der Waals surface area contributed by atoms with Crippen LogP contribution in [-0.2, 0) is 23.7 Å². The lowest BCUT2D eigenvalue weighted by molar-refractivity contribution is -0.357. The van der Waals surface area contributed by atoms with Crippen molar-refractivity contribution in [1.29, 1.82) is 0 Å². The highest BCUT2D eigenvalue weighted by Crippen LogP contribution is 2.31. The van der Waals surface area contributed by atoms with Crippen LogP contribution in [-0.4, -0.2) is 141 Å². The maximum atomic E-state index is 10.6. The molecule has 0 aliphatic carbocycles. The summed E-state index contributed by atoms with van der Waals surface area (Å²) < 4.78 is 27.4. The molecular weight excluding hydrogens is 424 g/mol. The zero-order chi connectivity index (χ0) is 22.7. The average Bonchev–Trinajstić information content (AvgIpc) is 2.76. The van der Waals surface area contributed by atoms with Crippen LogP contribution in [0.4, 0.5) is 0 Å². The number of hydrogen-bond donors (Lipinski definition) is 8. The van der Waals surface area contributed by atoms with Crippen molar-refractivity contribution >= 4 is 0 Å². The van der Waals surface area contributed by atoms with Gasteiger partial charge in [0.15, 0.2) is 12.6 Å². The summed E-state index contributed by atoms with van der Waals surface area (Å²) in [5, 5.41) is 79.4. The molecule has 0 unspecified atom stereocenters. The Morgan fingerprint density at radius 3 is 2.03 bits per heavy atom. The number of hydrogen-bond acceptors (Lipinski definition) is 13. The molecule has 0 aromatic carbocycles. The summed E-state index contributed by atoms with van der Waals surface area (Å²) >= 11 is 0. The van der Waals surface area contributed by atoms with E-state index in [1.54, 1.807) is 0 Å². The first-order valence-corrected chi connectivity index (χ1v) is 10.2. The zero-order valence-electron chi connectivity index (χ0n) is 16.8. The van der Waals surface area contributed by atoms with Gasteiger partial charge in [0.05, 0.1) is 38.6 Å². The maximum Gasteiger partial charge on any atom is 0.187 e. The Hall–Kier alpha value is -0.520. The van der Waals surface area contributed by atoms with Crippen molar-refractivity contribution in [1.82, 2.24) is 0 Å². The molecule has 0 bridgehead atoms. The molecule has 3 aliphatic heterocycles. The molecule has 0 amide bonds. The Kier molecular flexibility index (Phi) is 8.97. The van der Waals surface area contributed by atoms with Crippen LogP contribution in [0.25, 0.3) is 0 Å². The van der Waals surface area contributed by atoms with Crippen LogP contribution in [0.2, 0.25) is 0 Å². The Balaban J connectivity index is 1.67. The van der Waals surface area contributed by atoms with Gasteiger partial charge in [-0.05, 0) is 0 Å². The van der Waals surface area contributed by atoms with Crippen molar-refractivity contribution < 1.29 is 64.5 Å². The third kappa shape index (κ3) is 5.70. The average molecular weight is 456 g/mol. The van der Waals surface area contributed by atoms with E-state index in [9.17, 15) is 40.9 Å². The van der Waals surface area contributed by atoms with Crippen LogP contribution >= 0.6 is 0 Å². The van der Waals surface area contributed by atoms with Gasteiger partial charge in [0, 0.05) is 12.8 Å². The van der Waals surface area contributed by atoms with Gasteiger partial charge in [0.1, 0.15) is 48.8 Å². The summed E-state index contributed by atoms with van der Waals surface area (Å²) in [6, 6.07) is 0. The fraction of sp³-hybridized carbons (Fsp3) is 1.00. The number of rotatable bonds is 7. The Morgan fingerprint density at radius 2 is 1.39 bits per heavy atom. The zero-order valence-corrected chi connectivity index (χ0v) is 16.8. The van der Waals surface area contributed by atoms with Gasteiger partial charge >= 0.3 is 0 Å². The van der Waals surface area contributed by atoms with Crippen LogP contribution < -0.4 is 0 Å². The molecule has 3 fully saturated rings. The van der Waals surface area contributed by atoms with Gasteiger partial charge in [0.2, 0.25) is 0 Å². The SMILES string of the molecule is OC[C@@H]1C[C@H](O)C[C@@H](O[C@H]2[C@H](O)[C@@H](O)[C@@H](O[C@H]3[C@H](O)[C@@H](O)CO[C@@H]3CO)O[C@@H]2CO)O1. The molecule has 13 heteroatoms. The molecule has 3 heterocycles. The van der Waals surface area contributed by atoms with Crippen molar-refractivity contribution in [2.24, 2.45) is 0 Å². The van der Waals surface area contributed by atoms with Gasteiger partial charge in [-0.1, -0.05) is 0 Å². The molecule has 0 spiro atoms. The van der Waals surface area contributed by atoms with Crippen molar-refractivity contribution in [3.8, 4) is 0 Å². The van der Waals surface area contributed by atoms with Crippen LogP contribution in [0.15, 0.2) is 0 Å². The lowest BCUT2D eigenvalue weighted by atomic mass is 9.97. The standard InChI is InChI=1S/C18H32O13/c19-3-8-1-7(22)2-12(28-8)30-17-11(5-21)29-18(15(26)14(17)25)31-16-10(4-20)27-6-9(23)13(16)24/h7-26H,1-6H2/t7-,8-,9-,10+,11+,12+,13+,14+,15+,16+,17+,18+/m0/s1. The molecule has 3 saturated heterocycles. The molecule has 3 rings (SSSR count). The first-order valence-electron chi connectivity index (χ1n) is 10.2. The summed E-state index contributed by atoms with van der Waals surface area (Å²) in [6.45, 7) is -1.74. The summed E-state index contributed by atoms with van der Waals surface area (Å²) in [7, 11) is 0. The molecular formula is C18H32O13. The third-order valence-electron chi connectivity index (χ3n) is 5.73. The monoisotopic (exact) mass is 456 g/mol. The predicted molar refractivity (Wildman–Crippen MR) is 97.3 cm³/mol. The minimum absolute atomic E-state index is 0.0512. The lowest BCUT2D eigenvalue weighted by Gasteiger charge is -2.46. The van der Waals surface area contributed by atoms with Gasteiger partial charge in [0.25, 0.3) is 0 Å². The molecule has 0 radical (unpaired) electrons. The van der Waals surface area contributed by atoms with E-state index < -0.39 is 86.8 Å². The second-order valence-corrected chi connectivity index (χ2v) is 8.02. The van der Waals surface area contributed by atoms with E-state index in [1.165, 1.54) is 0 Å². The summed E-state index contributed by atoms with van der Waals surface area (Å²) in [4.78, 5) is 0. The maximum absolute atomic E-state index is 10.6. The van der Waals surface area contributed by atoms with E-state index >= 15 is 0 Å². The molecule has 182 valence electrons. The number of ether oxygens (including phenoxy) is 5. The van der Waals surface area contributed by atoms with Gasteiger partial charge in [-0.2, -0.15) is 0 Å². The minimum Gasteiger partial charge on any atom is -0.394 e. The fourth-order valence-electron chi connectivity index (χ4n) is 4.00. The minimum atomic E-state index is -1.69. The topological polar surface area (TPSA) is 208 Å². The largest absolute Gasteiger partial charge is 0.394 e. The number of aliphatic hydroxyl groups excluding tert-OH is 8. The van der Waals surface area contributed by atoms with Crippen molar-refractivity contribution in [2.75, 3.05) is 26.4 Å². The predicted octanol–water partition coefficient (Wildman–Crippen LogP) is -4.83. The highest BCUT2D eigenvalue weighted by atomic mass is 16.7. The third-order valence-corrected chi connectivity index (χ3v) is 5.73.